The standard InChI is InChI=1S/C12H13ClF3NO2/c1-3-19-11(18)7(2)17-8-4-5-10(13)9(6-8)12(14,15)16/h4-7,17H,3H2,1-2H3/t7-/m1/s1. The fraction of sp³-hybridized carbons (Fsp3) is 0.417. The summed E-state index contributed by atoms with van der Waals surface area (Å²) in [5, 5.41) is 2.25. The van der Waals surface area contributed by atoms with Crippen molar-refractivity contribution in [1.82, 2.24) is 0 Å². The maximum Gasteiger partial charge on any atom is 0.417 e. The van der Waals surface area contributed by atoms with Gasteiger partial charge < -0.3 is 10.1 Å². The van der Waals surface area contributed by atoms with Crippen molar-refractivity contribution in [2.45, 2.75) is 26.1 Å². The van der Waals surface area contributed by atoms with Crippen LogP contribution in [0.15, 0.2) is 18.2 Å². The summed E-state index contributed by atoms with van der Waals surface area (Å²) in [4.78, 5) is 11.4. The minimum absolute atomic E-state index is 0.150. The number of hydrogen-bond donors (Lipinski definition) is 1. The molecule has 0 aliphatic heterocycles. The van der Waals surface area contributed by atoms with Crippen LogP contribution in [0.1, 0.15) is 19.4 Å². The van der Waals surface area contributed by atoms with Crippen molar-refractivity contribution in [3.05, 3.63) is 28.8 Å². The Labute approximate surface area is 113 Å². The van der Waals surface area contributed by atoms with Gasteiger partial charge in [0.15, 0.2) is 0 Å². The Kier molecular flexibility index (Phi) is 5.05. The van der Waals surface area contributed by atoms with Gasteiger partial charge in [-0.1, -0.05) is 11.6 Å². The molecule has 0 aliphatic rings. The van der Waals surface area contributed by atoms with Crippen LogP contribution in [0.3, 0.4) is 0 Å². The lowest BCUT2D eigenvalue weighted by Gasteiger charge is -2.16. The topological polar surface area (TPSA) is 38.3 Å². The van der Waals surface area contributed by atoms with Crippen LogP contribution in [0.5, 0.6) is 0 Å². The quantitative estimate of drug-likeness (QED) is 0.860. The SMILES string of the molecule is CCOC(=O)[C@@H](C)Nc1ccc(Cl)c(C(F)(F)F)c1. The first-order valence-electron chi connectivity index (χ1n) is 5.55. The second-order valence-corrected chi connectivity index (χ2v) is 4.22. The van der Waals surface area contributed by atoms with Gasteiger partial charge in [-0.2, -0.15) is 13.2 Å². The molecule has 0 aliphatic carbocycles. The van der Waals surface area contributed by atoms with E-state index in [0.29, 0.717) is 0 Å². The first-order valence-corrected chi connectivity index (χ1v) is 5.93. The molecule has 1 rings (SSSR count). The van der Waals surface area contributed by atoms with Crippen LogP contribution in [-0.4, -0.2) is 18.6 Å². The number of benzene rings is 1. The van der Waals surface area contributed by atoms with Crippen LogP contribution < -0.4 is 5.32 Å². The lowest BCUT2D eigenvalue weighted by Crippen LogP contribution is -2.28. The second-order valence-electron chi connectivity index (χ2n) is 3.81. The van der Waals surface area contributed by atoms with Crippen LogP contribution in [0.2, 0.25) is 5.02 Å². The third-order valence-corrected chi connectivity index (χ3v) is 2.62. The number of carbonyl (C=O) groups excluding carboxylic acids is 1. The number of halogens is 4. The minimum Gasteiger partial charge on any atom is -0.464 e. The molecule has 0 heterocycles. The number of esters is 1. The van der Waals surface area contributed by atoms with Gasteiger partial charge in [0.1, 0.15) is 6.04 Å². The molecule has 1 aromatic rings. The second kappa shape index (κ2) is 6.14. The molecule has 0 fully saturated rings. The van der Waals surface area contributed by atoms with E-state index in [1.807, 2.05) is 0 Å². The minimum atomic E-state index is -4.54. The molecule has 0 saturated heterocycles. The summed E-state index contributed by atoms with van der Waals surface area (Å²) in [6.45, 7) is 3.35. The summed E-state index contributed by atoms with van der Waals surface area (Å²) in [7, 11) is 0. The molecule has 106 valence electrons. The summed E-state index contributed by atoms with van der Waals surface area (Å²) in [6, 6.07) is 2.61. The highest BCUT2D eigenvalue weighted by molar-refractivity contribution is 6.31. The molecule has 1 N–H and O–H groups in total. The normalized spacial score (nSPS) is 12.9. The Morgan fingerprint density at radius 1 is 1.47 bits per heavy atom. The van der Waals surface area contributed by atoms with E-state index in [-0.39, 0.29) is 17.3 Å². The van der Waals surface area contributed by atoms with Crippen molar-refractivity contribution in [1.29, 1.82) is 0 Å². The van der Waals surface area contributed by atoms with Crippen molar-refractivity contribution in [2.75, 3.05) is 11.9 Å². The smallest absolute Gasteiger partial charge is 0.417 e. The van der Waals surface area contributed by atoms with E-state index >= 15 is 0 Å². The lowest BCUT2D eigenvalue weighted by atomic mass is 10.2. The number of alkyl halides is 3. The number of nitrogens with one attached hydrogen (secondary N) is 1. The van der Waals surface area contributed by atoms with E-state index in [9.17, 15) is 18.0 Å². The molecule has 0 saturated carbocycles. The fourth-order valence-corrected chi connectivity index (χ4v) is 1.63. The van der Waals surface area contributed by atoms with Crippen molar-refractivity contribution < 1.29 is 22.7 Å². The van der Waals surface area contributed by atoms with Crippen LogP contribution in [-0.2, 0) is 15.7 Å². The van der Waals surface area contributed by atoms with E-state index < -0.39 is 23.8 Å². The first-order chi connectivity index (χ1) is 8.75. The summed E-state index contributed by atoms with van der Waals surface area (Å²) >= 11 is 5.49. The number of carbonyl (C=O) groups is 1. The molecule has 0 amide bonds. The largest absolute Gasteiger partial charge is 0.464 e. The first kappa shape index (κ1) is 15.6. The summed E-state index contributed by atoms with van der Waals surface area (Å²) < 4.78 is 42.7. The third kappa shape index (κ3) is 4.31. The van der Waals surface area contributed by atoms with Crippen LogP contribution >= 0.6 is 11.6 Å². The van der Waals surface area contributed by atoms with Gasteiger partial charge in [-0.3, -0.25) is 0 Å². The summed E-state index contributed by atoms with van der Waals surface area (Å²) in [6.07, 6.45) is -4.54. The molecule has 3 nitrogen and oxygen atoms in total. The Morgan fingerprint density at radius 3 is 2.63 bits per heavy atom. The molecule has 7 heteroatoms. The molecule has 1 atom stereocenters. The van der Waals surface area contributed by atoms with Gasteiger partial charge >= 0.3 is 12.1 Å². The molecule has 0 aromatic heterocycles. The Morgan fingerprint density at radius 2 is 2.11 bits per heavy atom. The van der Waals surface area contributed by atoms with E-state index in [4.69, 9.17) is 16.3 Å². The number of rotatable bonds is 4. The maximum absolute atomic E-state index is 12.6. The van der Waals surface area contributed by atoms with Gasteiger partial charge in [0.2, 0.25) is 0 Å². The van der Waals surface area contributed by atoms with Gasteiger partial charge in [0.05, 0.1) is 17.2 Å². The van der Waals surface area contributed by atoms with Crippen molar-refractivity contribution in [3.63, 3.8) is 0 Å². The lowest BCUT2D eigenvalue weighted by molar-refractivity contribution is -0.143. The van der Waals surface area contributed by atoms with Crippen molar-refractivity contribution in [3.8, 4) is 0 Å². The van der Waals surface area contributed by atoms with Gasteiger partial charge in [-0.05, 0) is 32.0 Å². The molecule has 0 spiro atoms. The highest BCUT2D eigenvalue weighted by Crippen LogP contribution is 2.36. The fourth-order valence-electron chi connectivity index (χ4n) is 1.41. The average Bonchev–Trinajstić information content (AvgIpc) is 2.30. The molecule has 19 heavy (non-hydrogen) atoms. The van der Waals surface area contributed by atoms with E-state index in [0.717, 1.165) is 12.1 Å². The molecular formula is C12H13ClF3NO2. The van der Waals surface area contributed by atoms with Crippen molar-refractivity contribution >= 4 is 23.3 Å². The third-order valence-electron chi connectivity index (χ3n) is 2.30. The van der Waals surface area contributed by atoms with Gasteiger partial charge in [0, 0.05) is 5.69 Å². The molecule has 0 unspecified atom stereocenters. The van der Waals surface area contributed by atoms with Crippen LogP contribution in [0, 0.1) is 0 Å². The Balaban J connectivity index is 2.89. The van der Waals surface area contributed by atoms with E-state index in [1.54, 1.807) is 6.92 Å². The zero-order valence-corrected chi connectivity index (χ0v) is 11.1. The number of ether oxygens (including phenoxy) is 1. The molecule has 0 radical (unpaired) electrons. The maximum atomic E-state index is 12.6. The summed E-state index contributed by atoms with van der Waals surface area (Å²) in [5.74, 6) is -0.536. The highest BCUT2D eigenvalue weighted by atomic mass is 35.5. The van der Waals surface area contributed by atoms with Crippen molar-refractivity contribution in [2.24, 2.45) is 0 Å². The zero-order valence-electron chi connectivity index (χ0n) is 10.3. The highest BCUT2D eigenvalue weighted by Gasteiger charge is 2.33. The average molecular weight is 296 g/mol. The van der Waals surface area contributed by atoms with Gasteiger partial charge in [0.25, 0.3) is 0 Å². The molecule has 1 aromatic carbocycles. The molecular weight excluding hydrogens is 283 g/mol. The van der Waals surface area contributed by atoms with E-state index in [1.165, 1.54) is 13.0 Å². The van der Waals surface area contributed by atoms with Gasteiger partial charge in [-0.15, -0.1) is 0 Å². The number of anilines is 1. The Hall–Kier alpha value is -1.43. The van der Waals surface area contributed by atoms with Crippen LogP contribution in [0.25, 0.3) is 0 Å². The van der Waals surface area contributed by atoms with Crippen LogP contribution in [0.4, 0.5) is 18.9 Å². The van der Waals surface area contributed by atoms with E-state index in [2.05, 4.69) is 5.32 Å². The number of hydrogen-bond acceptors (Lipinski definition) is 3. The summed E-state index contributed by atoms with van der Waals surface area (Å²) in [5.41, 5.74) is -0.799. The molecule has 0 bridgehead atoms. The predicted octanol–water partition coefficient (Wildman–Crippen LogP) is 3.72. The predicted molar refractivity (Wildman–Crippen MR) is 66.2 cm³/mol. The van der Waals surface area contributed by atoms with Gasteiger partial charge in [-0.25, -0.2) is 4.79 Å². The Bertz CT molecular complexity index is 463. The monoisotopic (exact) mass is 295 g/mol. The zero-order chi connectivity index (χ0) is 14.6.